The largest absolute Gasteiger partial charge is 0.465 e. The van der Waals surface area contributed by atoms with Gasteiger partial charge in [-0.05, 0) is 74.6 Å². The second-order valence-electron chi connectivity index (χ2n) is 11.7. The van der Waals surface area contributed by atoms with Gasteiger partial charge in [-0.2, -0.15) is 0 Å². The first kappa shape index (κ1) is 35.3. The zero-order chi connectivity index (χ0) is 30.2. The summed E-state index contributed by atoms with van der Waals surface area (Å²) in [6, 6.07) is 16.3. The van der Waals surface area contributed by atoms with E-state index >= 15 is 0 Å². The van der Waals surface area contributed by atoms with Crippen molar-refractivity contribution in [3.8, 4) is 0 Å². The number of hydrogen-bond donors (Lipinski definition) is 2. The summed E-state index contributed by atoms with van der Waals surface area (Å²) in [5.74, 6) is 0.248. The van der Waals surface area contributed by atoms with Crippen LogP contribution in [0.15, 0.2) is 48.5 Å². The highest BCUT2D eigenvalue weighted by Crippen LogP contribution is 2.21. The van der Waals surface area contributed by atoms with E-state index in [-0.39, 0.29) is 43.1 Å². The molecular formula is C34H52O6. The predicted octanol–water partition coefficient (Wildman–Crippen LogP) is 6.61. The van der Waals surface area contributed by atoms with Gasteiger partial charge in [-0.3, -0.25) is 9.59 Å². The number of carbonyl (C=O) groups is 2. The van der Waals surface area contributed by atoms with E-state index in [1.807, 2.05) is 38.1 Å². The summed E-state index contributed by atoms with van der Waals surface area (Å²) in [5.41, 5.74) is 4.52. The molecule has 2 aromatic rings. The lowest BCUT2D eigenvalue weighted by Crippen LogP contribution is -2.20. The van der Waals surface area contributed by atoms with Crippen LogP contribution in [0.1, 0.15) is 102 Å². The summed E-state index contributed by atoms with van der Waals surface area (Å²) in [5, 5.41) is 17.9. The highest BCUT2D eigenvalue weighted by Gasteiger charge is 2.19. The van der Waals surface area contributed by atoms with E-state index in [9.17, 15) is 9.59 Å². The predicted molar refractivity (Wildman–Crippen MR) is 161 cm³/mol. The summed E-state index contributed by atoms with van der Waals surface area (Å²) in [6.45, 7) is 16.3. The second kappa shape index (κ2) is 18.6. The number of carbonyl (C=O) groups excluding carboxylic acids is 2. The SMILES string of the molecule is CC(C)Cc1ccc([C@H](C)C(=O)OC(C)CCO)cc1.CC(C)Cc1ccc([C@H](C)C(=O)OCCC(C)O)cc1. The maximum atomic E-state index is 12.0. The van der Waals surface area contributed by atoms with Crippen LogP contribution in [0.25, 0.3) is 0 Å². The highest BCUT2D eigenvalue weighted by molar-refractivity contribution is 5.78. The van der Waals surface area contributed by atoms with Crippen molar-refractivity contribution in [2.24, 2.45) is 11.8 Å². The molecule has 0 aliphatic heterocycles. The van der Waals surface area contributed by atoms with Gasteiger partial charge >= 0.3 is 11.9 Å². The van der Waals surface area contributed by atoms with Crippen molar-refractivity contribution in [3.63, 3.8) is 0 Å². The Morgan fingerprint density at radius 1 is 0.675 bits per heavy atom. The molecule has 6 heteroatoms. The lowest BCUT2D eigenvalue weighted by Gasteiger charge is -2.16. The van der Waals surface area contributed by atoms with E-state index in [4.69, 9.17) is 19.7 Å². The molecule has 0 spiro atoms. The number of rotatable bonds is 14. The standard InChI is InChI=1S/2C17H26O3/c1-12(2)11-15-5-7-16(8-6-15)14(4)17(19)20-10-9-13(3)18;1-12(2)11-15-5-7-16(8-6-15)14(4)17(19)20-13(3)9-10-18/h2*5-8,12-14,18H,9-11H2,1-4H3/t2*13?,14-/m00/s1. The molecule has 2 unspecified atom stereocenters. The molecule has 2 N–H and O–H groups in total. The first-order valence-electron chi connectivity index (χ1n) is 14.7. The van der Waals surface area contributed by atoms with Crippen molar-refractivity contribution in [2.45, 2.75) is 105 Å². The van der Waals surface area contributed by atoms with E-state index < -0.39 is 6.10 Å². The van der Waals surface area contributed by atoms with Gasteiger partial charge in [0.25, 0.3) is 0 Å². The molecule has 0 saturated carbocycles. The zero-order valence-corrected chi connectivity index (χ0v) is 25.9. The first-order chi connectivity index (χ1) is 18.8. The molecule has 0 fully saturated rings. The molecule has 0 amide bonds. The molecule has 2 rings (SSSR count). The lowest BCUT2D eigenvalue weighted by atomic mass is 9.97. The summed E-state index contributed by atoms with van der Waals surface area (Å²) < 4.78 is 10.5. The minimum absolute atomic E-state index is 0.0345. The fourth-order valence-electron chi connectivity index (χ4n) is 4.10. The van der Waals surface area contributed by atoms with Crippen molar-refractivity contribution in [2.75, 3.05) is 13.2 Å². The van der Waals surface area contributed by atoms with Crippen LogP contribution in [0.3, 0.4) is 0 Å². The van der Waals surface area contributed by atoms with E-state index in [0.717, 1.165) is 24.0 Å². The van der Waals surface area contributed by atoms with Crippen molar-refractivity contribution in [1.29, 1.82) is 0 Å². The van der Waals surface area contributed by atoms with Gasteiger partial charge in [0, 0.05) is 19.4 Å². The van der Waals surface area contributed by atoms with Crippen LogP contribution < -0.4 is 0 Å². The van der Waals surface area contributed by atoms with E-state index in [1.54, 1.807) is 13.8 Å². The number of hydrogen-bond acceptors (Lipinski definition) is 6. The van der Waals surface area contributed by atoms with Gasteiger partial charge in [-0.15, -0.1) is 0 Å². The molecule has 0 aromatic heterocycles. The molecule has 6 nitrogen and oxygen atoms in total. The Bertz CT molecular complexity index is 978. The Morgan fingerprint density at radius 3 is 1.48 bits per heavy atom. The fraction of sp³-hybridized carbons (Fsp3) is 0.588. The Balaban J connectivity index is 0.000000400. The zero-order valence-electron chi connectivity index (χ0n) is 25.9. The Labute approximate surface area is 242 Å². The van der Waals surface area contributed by atoms with Gasteiger partial charge in [0.1, 0.15) is 6.10 Å². The number of esters is 2. The monoisotopic (exact) mass is 556 g/mol. The molecule has 0 saturated heterocycles. The minimum atomic E-state index is -0.437. The Kier molecular flexibility index (Phi) is 16.4. The topological polar surface area (TPSA) is 93.1 Å². The maximum Gasteiger partial charge on any atom is 0.313 e. The lowest BCUT2D eigenvalue weighted by molar-refractivity contribution is -0.150. The van der Waals surface area contributed by atoms with E-state index in [2.05, 4.69) is 52.0 Å². The first-order valence-corrected chi connectivity index (χ1v) is 14.7. The molecule has 0 radical (unpaired) electrons. The number of aliphatic hydroxyl groups excluding tert-OH is 2. The third kappa shape index (κ3) is 14.1. The maximum absolute atomic E-state index is 12.0. The fourth-order valence-corrected chi connectivity index (χ4v) is 4.10. The molecule has 0 bridgehead atoms. The molecule has 2 aromatic carbocycles. The van der Waals surface area contributed by atoms with Crippen molar-refractivity contribution in [1.82, 2.24) is 0 Å². The van der Waals surface area contributed by atoms with Crippen molar-refractivity contribution >= 4 is 11.9 Å². The average molecular weight is 557 g/mol. The van der Waals surface area contributed by atoms with Gasteiger partial charge in [-0.25, -0.2) is 0 Å². The normalized spacial score (nSPS) is 14.1. The molecule has 0 aliphatic rings. The number of ether oxygens (including phenoxy) is 2. The Morgan fingerprint density at radius 2 is 1.10 bits per heavy atom. The van der Waals surface area contributed by atoms with Gasteiger partial charge in [0.2, 0.25) is 0 Å². The van der Waals surface area contributed by atoms with Crippen LogP contribution in [0.5, 0.6) is 0 Å². The molecular weight excluding hydrogens is 504 g/mol. The summed E-state index contributed by atoms with van der Waals surface area (Å²) in [4.78, 5) is 23.9. The van der Waals surface area contributed by atoms with Gasteiger partial charge in [-0.1, -0.05) is 76.2 Å². The quantitative estimate of drug-likeness (QED) is 0.255. The number of benzene rings is 2. The summed E-state index contributed by atoms with van der Waals surface area (Å²) in [6.07, 6.45) is 2.38. The molecule has 40 heavy (non-hydrogen) atoms. The van der Waals surface area contributed by atoms with Crippen LogP contribution in [0, 0.1) is 11.8 Å². The van der Waals surface area contributed by atoms with Crippen molar-refractivity contribution < 1.29 is 29.3 Å². The Hall–Kier alpha value is -2.70. The van der Waals surface area contributed by atoms with Crippen LogP contribution in [-0.2, 0) is 31.9 Å². The molecule has 4 atom stereocenters. The highest BCUT2D eigenvalue weighted by atomic mass is 16.5. The van der Waals surface area contributed by atoms with Gasteiger partial charge in [0.15, 0.2) is 0 Å². The average Bonchev–Trinajstić information content (AvgIpc) is 2.88. The van der Waals surface area contributed by atoms with Crippen molar-refractivity contribution in [3.05, 3.63) is 70.8 Å². The third-order valence-corrected chi connectivity index (χ3v) is 6.59. The molecule has 224 valence electrons. The third-order valence-electron chi connectivity index (χ3n) is 6.59. The van der Waals surface area contributed by atoms with Gasteiger partial charge in [0.05, 0.1) is 24.5 Å². The second-order valence-corrected chi connectivity index (χ2v) is 11.7. The van der Waals surface area contributed by atoms with Crippen LogP contribution >= 0.6 is 0 Å². The minimum Gasteiger partial charge on any atom is -0.465 e. The number of aliphatic hydroxyl groups is 2. The van der Waals surface area contributed by atoms with Crippen LogP contribution in [0.2, 0.25) is 0 Å². The molecule has 0 aliphatic carbocycles. The molecule has 0 heterocycles. The summed E-state index contributed by atoms with van der Waals surface area (Å²) >= 11 is 0. The smallest absolute Gasteiger partial charge is 0.313 e. The van der Waals surface area contributed by atoms with Crippen LogP contribution in [-0.4, -0.2) is 47.6 Å². The van der Waals surface area contributed by atoms with E-state index in [1.165, 1.54) is 11.1 Å². The summed E-state index contributed by atoms with van der Waals surface area (Å²) in [7, 11) is 0. The van der Waals surface area contributed by atoms with E-state index in [0.29, 0.717) is 24.7 Å². The van der Waals surface area contributed by atoms with Gasteiger partial charge < -0.3 is 19.7 Å². The van der Waals surface area contributed by atoms with Crippen LogP contribution in [0.4, 0.5) is 0 Å².